The minimum atomic E-state index is -0.732. The van der Waals surface area contributed by atoms with Crippen molar-refractivity contribution in [1.29, 1.82) is 0 Å². The molecule has 1 aliphatic rings. The van der Waals surface area contributed by atoms with E-state index in [9.17, 15) is 9.59 Å². The fraction of sp³-hybridized carbons (Fsp3) is 0.179. The molecule has 0 unspecified atom stereocenters. The van der Waals surface area contributed by atoms with Crippen LogP contribution in [0.5, 0.6) is 5.75 Å². The van der Waals surface area contributed by atoms with Crippen molar-refractivity contribution in [1.82, 2.24) is 4.57 Å². The van der Waals surface area contributed by atoms with Gasteiger partial charge in [0.25, 0.3) is 5.56 Å². The zero-order valence-electron chi connectivity index (χ0n) is 19.8. The van der Waals surface area contributed by atoms with Crippen LogP contribution in [0.25, 0.3) is 11.8 Å². The summed E-state index contributed by atoms with van der Waals surface area (Å²) in [5.41, 5.74) is 2.04. The summed E-state index contributed by atoms with van der Waals surface area (Å²) in [7, 11) is 0. The number of hydrogen-bond acceptors (Lipinski definition) is 7. The third kappa shape index (κ3) is 4.43. The molecule has 3 heterocycles. The molecule has 182 valence electrons. The van der Waals surface area contributed by atoms with Gasteiger partial charge < -0.3 is 13.9 Å². The molecule has 0 N–H and O–H groups in total. The Hall–Kier alpha value is -4.17. The first-order chi connectivity index (χ1) is 17.6. The van der Waals surface area contributed by atoms with Crippen LogP contribution in [0.3, 0.4) is 0 Å². The largest absolute Gasteiger partial charge is 0.494 e. The van der Waals surface area contributed by atoms with Crippen molar-refractivity contribution in [3.05, 3.63) is 115 Å². The average Bonchev–Trinajstić information content (AvgIpc) is 3.52. The number of furan rings is 1. The Balaban J connectivity index is 1.80. The van der Waals surface area contributed by atoms with E-state index in [0.717, 1.165) is 11.1 Å². The van der Waals surface area contributed by atoms with Gasteiger partial charge in [0.15, 0.2) is 4.80 Å². The summed E-state index contributed by atoms with van der Waals surface area (Å²) in [5, 5.41) is 0. The van der Waals surface area contributed by atoms with Crippen molar-refractivity contribution in [2.75, 3.05) is 13.2 Å². The van der Waals surface area contributed by atoms with Crippen molar-refractivity contribution in [3.63, 3.8) is 0 Å². The molecule has 2 aromatic carbocycles. The van der Waals surface area contributed by atoms with E-state index >= 15 is 0 Å². The second-order valence-electron chi connectivity index (χ2n) is 7.95. The number of hydrogen-bond donors (Lipinski definition) is 0. The number of thiazole rings is 1. The molecule has 0 spiro atoms. The van der Waals surface area contributed by atoms with Crippen molar-refractivity contribution in [2.45, 2.75) is 19.9 Å². The number of rotatable bonds is 7. The van der Waals surface area contributed by atoms with Crippen LogP contribution < -0.4 is 19.6 Å². The zero-order chi connectivity index (χ0) is 25.1. The first kappa shape index (κ1) is 23.6. The fourth-order valence-corrected chi connectivity index (χ4v) is 5.15. The highest BCUT2D eigenvalue weighted by Gasteiger charge is 2.35. The number of aromatic nitrogens is 1. The Kier molecular flexibility index (Phi) is 6.69. The van der Waals surface area contributed by atoms with Gasteiger partial charge in [-0.15, -0.1) is 0 Å². The fourth-order valence-electron chi connectivity index (χ4n) is 4.17. The first-order valence-corrected chi connectivity index (χ1v) is 12.5. The van der Waals surface area contributed by atoms with Gasteiger partial charge in [-0.3, -0.25) is 9.36 Å². The lowest BCUT2D eigenvalue weighted by atomic mass is 9.93. The van der Waals surface area contributed by atoms with E-state index in [1.54, 1.807) is 36.0 Å². The Morgan fingerprint density at radius 3 is 2.50 bits per heavy atom. The summed E-state index contributed by atoms with van der Waals surface area (Å²) in [6.45, 7) is 4.40. The van der Waals surface area contributed by atoms with Gasteiger partial charge in [0, 0.05) is 11.6 Å². The smallest absolute Gasteiger partial charge is 0.338 e. The van der Waals surface area contributed by atoms with Crippen LogP contribution in [0.2, 0.25) is 0 Å². The van der Waals surface area contributed by atoms with Crippen LogP contribution in [0.1, 0.15) is 36.8 Å². The Bertz CT molecular complexity index is 1580. The molecule has 0 bridgehead atoms. The molecular formula is C28H24N2O5S. The third-order valence-electron chi connectivity index (χ3n) is 5.70. The molecule has 0 saturated heterocycles. The van der Waals surface area contributed by atoms with Crippen LogP contribution in [-0.2, 0) is 9.53 Å². The van der Waals surface area contributed by atoms with E-state index in [4.69, 9.17) is 18.9 Å². The zero-order valence-corrected chi connectivity index (χ0v) is 20.7. The molecule has 0 aliphatic carbocycles. The monoisotopic (exact) mass is 500 g/mol. The van der Waals surface area contributed by atoms with E-state index in [2.05, 4.69) is 0 Å². The number of fused-ring (bicyclic) bond motifs is 1. The van der Waals surface area contributed by atoms with Gasteiger partial charge in [-0.1, -0.05) is 53.8 Å². The highest BCUT2D eigenvalue weighted by molar-refractivity contribution is 7.07. The quantitative estimate of drug-likeness (QED) is 0.359. The lowest BCUT2D eigenvalue weighted by Crippen LogP contribution is -2.40. The van der Waals surface area contributed by atoms with Crippen LogP contribution in [0, 0.1) is 0 Å². The van der Waals surface area contributed by atoms with Gasteiger partial charge in [0.1, 0.15) is 11.5 Å². The maximum atomic E-state index is 13.7. The number of carbonyl (C=O) groups is 1. The Morgan fingerprint density at radius 2 is 1.83 bits per heavy atom. The minimum Gasteiger partial charge on any atom is -0.494 e. The average molecular weight is 501 g/mol. The second-order valence-corrected chi connectivity index (χ2v) is 8.96. The van der Waals surface area contributed by atoms with Crippen molar-refractivity contribution >= 4 is 29.1 Å². The number of esters is 1. The molecule has 0 amide bonds. The number of ether oxygens (including phenoxy) is 2. The summed E-state index contributed by atoms with van der Waals surface area (Å²) < 4.78 is 18.5. The summed E-state index contributed by atoms with van der Waals surface area (Å²) >= 11 is 1.25. The number of nitrogens with zero attached hydrogens (tertiary/aromatic N) is 2. The molecular weight excluding hydrogens is 476 g/mol. The standard InChI is InChI=1S/C28H24N2O5S/c1-3-33-20-14-12-19(13-15-20)25-23(27(32)34-4-2)24(18-9-6-5-7-10-18)29-28-30(25)26(31)22(36-28)17-21-11-8-16-35-21/h5-17,25H,3-4H2,1-2H3/b22-17-/t25-/m0/s1. The van der Waals surface area contributed by atoms with Gasteiger partial charge in [0.2, 0.25) is 0 Å². The molecule has 0 radical (unpaired) electrons. The molecule has 2 aromatic heterocycles. The molecule has 8 heteroatoms. The molecule has 4 aromatic rings. The number of carbonyl (C=O) groups excluding carboxylic acids is 1. The summed E-state index contributed by atoms with van der Waals surface area (Å²) in [5.74, 6) is 0.751. The molecule has 0 fully saturated rings. The van der Waals surface area contributed by atoms with Gasteiger partial charge in [-0.25, -0.2) is 9.79 Å². The third-order valence-corrected chi connectivity index (χ3v) is 6.68. The lowest BCUT2D eigenvalue weighted by molar-refractivity contribution is -0.138. The van der Waals surface area contributed by atoms with Gasteiger partial charge >= 0.3 is 5.97 Å². The molecule has 0 saturated carbocycles. The van der Waals surface area contributed by atoms with E-state index in [-0.39, 0.29) is 12.2 Å². The van der Waals surface area contributed by atoms with Gasteiger partial charge in [-0.2, -0.15) is 0 Å². The summed E-state index contributed by atoms with van der Waals surface area (Å²) in [6.07, 6.45) is 3.24. The van der Waals surface area contributed by atoms with E-state index < -0.39 is 12.0 Å². The maximum absolute atomic E-state index is 13.7. The first-order valence-electron chi connectivity index (χ1n) is 11.7. The van der Waals surface area contributed by atoms with Crippen molar-refractivity contribution < 1.29 is 18.7 Å². The highest BCUT2D eigenvalue weighted by Crippen LogP contribution is 2.35. The summed E-state index contributed by atoms with van der Waals surface area (Å²) in [4.78, 5) is 32.4. The Labute approximate surface area is 211 Å². The van der Waals surface area contributed by atoms with E-state index in [1.165, 1.54) is 11.3 Å². The molecule has 1 aliphatic heterocycles. The van der Waals surface area contributed by atoms with E-state index in [1.807, 2.05) is 61.5 Å². The van der Waals surface area contributed by atoms with Gasteiger partial charge in [-0.05, 0) is 43.7 Å². The highest BCUT2D eigenvalue weighted by atomic mass is 32.1. The predicted octanol–water partition coefficient (Wildman–Crippen LogP) is 3.93. The second kappa shape index (κ2) is 10.2. The SMILES string of the molecule is CCOC(=O)C1=C(c2ccccc2)N=c2s/c(=C\c3ccco3)c(=O)n2[C@H]1c1ccc(OCC)cc1. The number of benzene rings is 2. The van der Waals surface area contributed by atoms with Gasteiger partial charge in [0.05, 0.1) is 41.3 Å². The van der Waals surface area contributed by atoms with Crippen LogP contribution in [-0.4, -0.2) is 23.8 Å². The minimum absolute atomic E-state index is 0.198. The normalized spacial score (nSPS) is 15.4. The Morgan fingerprint density at radius 1 is 1.06 bits per heavy atom. The van der Waals surface area contributed by atoms with Crippen LogP contribution >= 0.6 is 11.3 Å². The van der Waals surface area contributed by atoms with E-state index in [0.29, 0.717) is 38.7 Å². The molecule has 1 atom stereocenters. The lowest BCUT2D eigenvalue weighted by Gasteiger charge is -2.26. The molecule has 5 rings (SSSR count). The van der Waals surface area contributed by atoms with Crippen LogP contribution in [0.4, 0.5) is 0 Å². The summed E-state index contributed by atoms with van der Waals surface area (Å²) in [6, 6.07) is 19.7. The topological polar surface area (TPSA) is 83.0 Å². The van der Waals surface area contributed by atoms with Crippen molar-refractivity contribution in [3.8, 4) is 5.75 Å². The van der Waals surface area contributed by atoms with Crippen molar-refractivity contribution in [2.24, 2.45) is 4.99 Å². The predicted molar refractivity (Wildman–Crippen MR) is 137 cm³/mol. The molecule has 36 heavy (non-hydrogen) atoms. The van der Waals surface area contributed by atoms with Crippen LogP contribution in [0.15, 0.2) is 92.8 Å². The maximum Gasteiger partial charge on any atom is 0.338 e. The molecule has 7 nitrogen and oxygen atoms in total.